The average molecular weight is 236 g/mol. The molecular formula is C14H24N2O. The molecule has 0 aliphatic carbocycles. The van der Waals surface area contributed by atoms with Crippen LogP contribution in [0.4, 0.5) is 0 Å². The molecule has 1 N–H and O–H groups in total. The number of nitrogens with one attached hydrogen (secondary N) is 1. The van der Waals surface area contributed by atoms with E-state index in [0.29, 0.717) is 0 Å². The van der Waals surface area contributed by atoms with Crippen molar-refractivity contribution in [2.75, 3.05) is 13.2 Å². The second-order valence-corrected chi connectivity index (χ2v) is 4.38. The van der Waals surface area contributed by atoms with Crippen LogP contribution in [0.25, 0.3) is 0 Å². The fourth-order valence-electron chi connectivity index (χ4n) is 2.16. The average Bonchev–Trinajstić information content (AvgIpc) is 2.37. The predicted octanol–water partition coefficient (Wildman–Crippen LogP) is 2.94. The van der Waals surface area contributed by atoms with Gasteiger partial charge in [0.1, 0.15) is 0 Å². The van der Waals surface area contributed by atoms with E-state index < -0.39 is 0 Å². The smallest absolute Gasteiger partial charge is 0.0846 e. The van der Waals surface area contributed by atoms with Crippen LogP contribution in [0, 0.1) is 0 Å². The van der Waals surface area contributed by atoms with Gasteiger partial charge in [0.05, 0.1) is 11.6 Å². The Morgan fingerprint density at radius 1 is 1.41 bits per heavy atom. The Morgan fingerprint density at radius 3 is 2.65 bits per heavy atom. The molecule has 0 bridgehead atoms. The molecule has 0 radical (unpaired) electrons. The molecule has 0 fully saturated rings. The second-order valence-electron chi connectivity index (χ2n) is 4.38. The van der Waals surface area contributed by atoms with Gasteiger partial charge < -0.3 is 10.1 Å². The zero-order valence-electron chi connectivity index (χ0n) is 11.4. The lowest BCUT2D eigenvalue weighted by atomic mass is 9.88. The van der Waals surface area contributed by atoms with Crippen molar-refractivity contribution in [1.82, 2.24) is 10.3 Å². The van der Waals surface area contributed by atoms with Crippen molar-refractivity contribution >= 4 is 0 Å². The predicted molar refractivity (Wildman–Crippen MR) is 71.0 cm³/mol. The Hall–Kier alpha value is -0.930. The molecule has 0 spiro atoms. The number of likely N-dealkylation sites (N-methyl/N-ethyl adjacent to an activating group) is 1. The van der Waals surface area contributed by atoms with Crippen LogP contribution >= 0.6 is 0 Å². The maximum absolute atomic E-state index is 5.96. The highest BCUT2D eigenvalue weighted by Crippen LogP contribution is 2.31. The van der Waals surface area contributed by atoms with Crippen LogP contribution in [-0.2, 0) is 4.74 Å². The summed E-state index contributed by atoms with van der Waals surface area (Å²) >= 11 is 0. The maximum atomic E-state index is 5.96. The van der Waals surface area contributed by atoms with Gasteiger partial charge in [0.2, 0.25) is 0 Å². The fourth-order valence-corrected chi connectivity index (χ4v) is 2.16. The lowest BCUT2D eigenvalue weighted by Gasteiger charge is -2.37. The topological polar surface area (TPSA) is 34.2 Å². The summed E-state index contributed by atoms with van der Waals surface area (Å²) < 4.78 is 5.96. The Bertz CT molecular complexity index is 315. The quantitative estimate of drug-likeness (QED) is 0.790. The SMILES string of the molecule is CCNC(c1cccnc1)C(C)(CC)OCC. The molecule has 96 valence electrons. The van der Waals surface area contributed by atoms with E-state index in [0.717, 1.165) is 19.6 Å². The molecule has 3 heteroatoms. The van der Waals surface area contributed by atoms with Gasteiger partial charge >= 0.3 is 0 Å². The summed E-state index contributed by atoms with van der Waals surface area (Å²) in [5.41, 5.74) is 1.00. The molecule has 1 rings (SSSR count). The minimum absolute atomic E-state index is 0.186. The highest BCUT2D eigenvalue weighted by Gasteiger charge is 2.33. The van der Waals surface area contributed by atoms with Crippen LogP contribution in [0.1, 0.15) is 45.7 Å². The van der Waals surface area contributed by atoms with Gasteiger partial charge in [-0.05, 0) is 38.4 Å². The van der Waals surface area contributed by atoms with E-state index in [2.05, 4.69) is 37.1 Å². The van der Waals surface area contributed by atoms with Crippen LogP contribution in [0.2, 0.25) is 0 Å². The Labute approximate surface area is 105 Å². The lowest BCUT2D eigenvalue weighted by molar-refractivity contribution is -0.0560. The number of pyridine rings is 1. The van der Waals surface area contributed by atoms with Crippen molar-refractivity contribution in [2.45, 2.75) is 45.8 Å². The van der Waals surface area contributed by atoms with Crippen molar-refractivity contribution < 1.29 is 4.74 Å². The van der Waals surface area contributed by atoms with Crippen LogP contribution in [0.3, 0.4) is 0 Å². The first-order chi connectivity index (χ1) is 8.18. The van der Waals surface area contributed by atoms with Crippen LogP contribution in [-0.4, -0.2) is 23.7 Å². The normalized spacial score (nSPS) is 16.5. The molecular weight excluding hydrogens is 212 g/mol. The van der Waals surface area contributed by atoms with Gasteiger partial charge in [0.15, 0.2) is 0 Å². The summed E-state index contributed by atoms with van der Waals surface area (Å²) in [4.78, 5) is 4.20. The number of ether oxygens (including phenoxy) is 1. The molecule has 1 aromatic heterocycles. The van der Waals surface area contributed by atoms with Gasteiger partial charge in [0, 0.05) is 19.0 Å². The fraction of sp³-hybridized carbons (Fsp3) is 0.643. The number of hydrogen-bond acceptors (Lipinski definition) is 3. The van der Waals surface area contributed by atoms with Crippen molar-refractivity contribution in [3.8, 4) is 0 Å². The van der Waals surface area contributed by atoms with E-state index in [9.17, 15) is 0 Å². The first kappa shape index (κ1) is 14.1. The molecule has 0 amide bonds. The first-order valence-corrected chi connectivity index (χ1v) is 6.45. The molecule has 1 heterocycles. The van der Waals surface area contributed by atoms with E-state index in [1.165, 1.54) is 5.56 Å². The summed E-state index contributed by atoms with van der Waals surface area (Å²) in [5, 5.41) is 3.51. The maximum Gasteiger partial charge on any atom is 0.0846 e. The van der Waals surface area contributed by atoms with Crippen LogP contribution < -0.4 is 5.32 Å². The van der Waals surface area contributed by atoms with Gasteiger partial charge in [-0.3, -0.25) is 4.98 Å². The van der Waals surface area contributed by atoms with Crippen molar-refractivity contribution in [1.29, 1.82) is 0 Å². The molecule has 2 atom stereocenters. The Balaban J connectivity index is 2.98. The summed E-state index contributed by atoms with van der Waals surface area (Å²) in [6, 6.07) is 4.26. The van der Waals surface area contributed by atoms with Crippen molar-refractivity contribution in [2.24, 2.45) is 0 Å². The summed E-state index contributed by atoms with van der Waals surface area (Å²) in [5.74, 6) is 0. The Morgan fingerprint density at radius 2 is 2.18 bits per heavy atom. The molecule has 0 saturated carbocycles. The largest absolute Gasteiger partial charge is 0.374 e. The molecule has 0 saturated heterocycles. The van der Waals surface area contributed by atoms with Gasteiger partial charge in [-0.15, -0.1) is 0 Å². The molecule has 0 aliphatic heterocycles. The second kappa shape index (κ2) is 6.72. The third-order valence-corrected chi connectivity index (χ3v) is 3.21. The Kier molecular flexibility index (Phi) is 5.59. The van der Waals surface area contributed by atoms with Crippen LogP contribution in [0.15, 0.2) is 24.5 Å². The van der Waals surface area contributed by atoms with Crippen molar-refractivity contribution in [3.05, 3.63) is 30.1 Å². The standard InChI is InChI=1S/C14H24N2O/c1-5-14(4,17-7-3)13(16-6-2)12-9-8-10-15-11-12/h8-11,13,16H,5-7H2,1-4H3. The summed E-state index contributed by atoms with van der Waals surface area (Å²) in [7, 11) is 0. The third-order valence-electron chi connectivity index (χ3n) is 3.21. The van der Waals surface area contributed by atoms with Gasteiger partial charge in [-0.1, -0.05) is 19.9 Å². The first-order valence-electron chi connectivity index (χ1n) is 6.45. The minimum atomic E-state index is -0.187. The molecule has 1 aromatic rings. The highest BCUT2D eigenvalue weighted by molar-refractivity contribution is 5.18. The number of rotatable bonds is 7. The van der Waals surface area contributed by atoms with Crippen molar-refractivity contribution in [3.63, 3.8) is 0 Å². The molecule has 0 aromatic carbocycles. The third kappa shape index (κ3) is 3.51. The van der Waals surface area contributed by atoms with E-state index in [1.54, 1.807) is 6.20 Å². The summed E-state index contributed by atoms with van der Waals surface area (Å²) in [6.07, 6.45) is 4.68. The zero-order chi connectivity index (χ0) is 12.7. The molecule has 2 unspecified atom stereocenters. The highest BCUT2D eigenvalue weighted by atomic mass is 16.5. The van der Waals surface area contributed by atoms with E-state index in [1.807, 2.05) is 19.2 Å². The van der Waals surface area contributed by atoms with Gasteiger partial charge in [-0.25, -0.2) is 0 Å². The van der Waals surface area contributed by atoms with E-state index in [4.69, 9.17) is 4.74 Å². The monoisotopic (exact) mass is 236 g/mol. The van der Waals surface area contributed by atoms with E-state index >= 15 is 0 Å². The molecule has 3 nitrogen and oxygen atoms in total. The molecule has 0 aliphatic rings. The van der Waals surface area contributed by atoms with E-state index in [-0.39, 0.29) is 11.6 Å². The molecule has 17 heavy (non-hydrogen) atoms. The summed E-state index contributed by atoms with van der Waals surface area (Å²) in [6.45, 7) is 10.1. The number of hydrogen-bond donors (Lipinski definition) is 1. The zero-order valence-corrected chi connectivity index (χ0v) is 11.4. The van der Waals surface area contributed by atoms with Gasteiger partial charge in [-0.2, -0.15) is 0 Å². The lowest BCUT2D eigenvalue weighted by Crippen LogP contribution is -2.43. The number of nitrogens with zero attached hydrogens (tertiary/aromatic N) is 1. The van der Waals surface area contributed by atoms with Gasteiger partial charge in [0.25, 0.3) is 0 Å². The number of aromatic nitrogens is 1. The minimum Gasteiger partial charge on any atom is -0.374 e. The van der Waals surface area contributed by atoms with Crippen LogP contribution in [0.5, 0.6) is 0 Å².